The SMILES string of the molecule is S=S1SCC=C1c1cccs1. The summed E-state index contributed by atoms with van der Waals surface area (Å²) in [6, 6.07) is 4.23. The summed E-state index contributed by atoms with van der Waals surface area (Å²) >= 11 is 7.08. The van der Waals surface area contributed by atoms with E-state index >= 15 is 0 Å². The smallest absolute Gasteiger partial charge is 0.0414 e. The number of thiophene rings is 1. The fourth-order valence-electron chi connectivity index (χ4n) is 0.905. The fourth-order valence-corrected chi connectivity index (χ4v) is 5.72. The van der Waals surface area contributed by atoms with Crippen LogP contribution in [0.3, 0.4) is 0 Å². The van der Waals surface area contributed by atoms with E-state index in [1.165, 1.54) is 9.78 Å². The lowest BCUT2D eigenvalue weighted by atomic mass is 10.4. The minimum Gasteiger partial charge on any atom is -0.143 e. The highest BCUT2D eigenvalue weighted by molar-refractivity contribution is 8.86. The second kappa shape index (κ2) is 3.39. The van der Waals surface area contributed by atoms with Gasteiger partial charge in [-0.2, -0.15) is 0 Å². The van der Waals surface area contributed by atoms with Crippen LogP contribution in [-0.2, 0) is 19.7 Å². The van der Waals surface area contributed by atoms with Crippen LogP contribution in [0.5, 0.6) is 0 Å². The van der Waals surface area contributed by atoms with Crippen LogP contribution in [-0.4, -0.2) is 5.75 Å². The van der Waals surface area contributed by atoms with Crippen molar-refractivity contribution >= 4 is 46.7 Å². The van der Waals surface area contributed by atoms with E-state index < -0.39 is 0 Å². The molecule has 11 heavy (non-hydrogen) atoms. The third kappa shape index (κ3) is 1.59. The summed E-state index contributed by atoms with van der Waals surface area (Å²) in [4.78, 5) is 2.73. The fraction of sp³-hybridized carbons (Fsp3) is 0.143. The van der Waals surface area contributed by atoms with Gasteiger partial charge in [-0.3, -0.25) is 0 Å². The van der Waals surface area contributed by atoms with Crippen molar-refractivity contribution in [2.24, 2.45) is 0 Å². The van der Waals surface area contributed by atoms with Gasteiger partial charge in [-0.05, 0) is 31.1 Å². The third-order valence-electron chi connectivity index (χ3n) is 1.39. The highest BCUT2D eigenvalue weighted by Gasteiger charge is 2.12. The monoisotopic (exact) mass is 218 g/mol. The molecule has 58 valence electrons. The summed E-state index contributed by atoms with van der Waals surface area (Å²) in [6.07, 6.45) is 2.26. The maximum Gasteiger partial charge on any atom is 0.0414 e. The standard InChI is InChI=1S/C7H6S4/c8-11-7(3-5-10-11)6-2-1-4-9-6/h1-4H,5H2. The Balaban J connectivity index is 2.37. The highest BCUT2D eigenvalue weighted by Crippen LogP contribution is 2.34. The van der Waals surface area contributed by atoms with Gasteiger partial charge in [-0.15, -0.1) is 11.3 Å². The van der Waals surface area contributed by atoms with Gasteiger partial charge in [0.1, 0.15) is 0 Å². The first-order valence-corrected chi connectivity index (χ1v) is 7.70. The molecular weight excluding hydrogens is 212 g/mol. The first-order valence-electron chi connectivity index (χ1n) is 3.17. The normalized spacial score (nSPS) is 23.6. The van der Waals surface area contributed by atoms with Crippen LogP contribution in [0.4, 0.5) is 0 Å². The average Bonchev–Trinajstić information content (AvgIpc) is 2.55. The Hall–Kier alpha value is 0.360. The largest absolute Gasteiger partial charge is 0.143 e. The first-order chi connectivity index (χ1) is 5.38. The molecule has 0 spiro atoms. The van der Waals surface area contributed by atoms with E-state index in [0.717, 1.165) is 5.75 Å². The first kappa shape index (κ1) is 7.98. The average molecular weight is 218 g/mol. The molecule has 2 rings (SSSR count). The zero-order chi connectivity index (χ0) is 7.68. The van der Waals surface area contributed by atoms with E-state index in [2.05, 4.69) is 23.6 Å². The molecule has 0 nitrogen and oxygen atoms in total. The van der Waals surface area contributed by atoms with E-state index in [4.69, 9.17) is 11.2 Å². The lowest BCUT2D eigenvalue weighted by Gasteiger charge is -1.96. The Morgan fingerprint density at radius 2 is 2.45 bits per heavy atom. The molecule has 1 aliphatic heterocycles. The predicted octanol–water partition coefficient (Wildman–Crippen LogP) is 2.83. The van der Waals surface area contributed by atoms with Crippen molar-refractivity contribution in [1.82, 2.24) is 0 Å². The van der Waals surface area contributed by atoms with Gasteiger partial charge in [0.15, 0.2) is 0 Å². The molecule has 2 heterocycles. The summed E-state index contributed by atoms with van der Waals surface area (Å²) in [5.74, 6) is 1.10. The molecule has 0 saturated heterocycles. The Kier molecular flexibility index (Phi) is 2.46. The molecule has 1 aromatic rings. The lowest BCUT2D eigenvalue weighted by Crippen LogP contribution is -1.77. The Labute approximate surface area is 80.7 Å². The molecule has 0 saturated carbocycles. The van der Waals surface area contributed by atoms with Crippen molar-refractivity contribution in [2.45, 2.75) is 0 Å². The Morgan fingerprint density at radius 1 is 1.55 bits per heavy atom. The molecule has 0 radical (unpaired) electrons. The molecule has 0 aromatic carbocycles. The van der Waals surface area contributed by atoms with Crippen LogP contribution in [0.2, 0.25) is 0 Å². The third-order valence-corrected chi connectivity index (χ3v) is 6.68. The minimum absolute atomic E-state index is 0.0315. The van der Waals surface area contributed by atoms with Crippen LogP contribution >= 0.6 is 22.1 Å². The van der Waals surface area contributed by atoms with Crippen molar-refractivity contribution in [1.29, 1.82) is 0 Å². The zero-order valence-electron chi connectivity index (χ0n) is 5.65. The quantitative estimate of drug-likeness (QED) is 0.665. The van der Waals surface area contributed by atoms with E-state index in [1.54, 1.807) is 11.3 Å². The maximum atomic E-state index is 5.30. The van der Waals surface area contributed by atoms with Gasteiger partial charge in [-0.1, -0.05) is 22.9 Å². The molecule has 1 aliphatic rings. The van der Waals surface area contributed by atoms with Gasteiger partial charge in [0.05, 0.1) is 0 Å². The van der Waals surface area contributed by atoms with Crippen LogP contribution in [0.1, 0.15) is 4.88 Å². The van der Waals surface area contributed by atoms with Gasteiger partial charge >= 0.3 is 0 Å². The maximum absolute atomic E-state index is 5.30. The van der Waals surface area contributed by atoms with Crippen molar-refractivity contribution in [3.8, 4) is 0 Å². The summed E-state index contributed by atoms with van der Waals surface area (Å²) in [6.45, 7) is 0. The van der Waals surface area contributed by atoms with Gasteiger partial charge in [0.25, 0.3) is 0 Å². The Morgan fingerprint density at radius 3 is 3.00 bits per heavy atom. The van der Waals surface area contributed by atoms with Crippen molar-refractivity contribution < 1.29 is 0 Å². The van der Waals surface area contributed by atoms with Crippen LogP contribution in [0.15, 0.2) is 23.6 Å². The molecule has 1 aromatic heterocycles. The molecule has 1 unspecified atom stereocenters. The summed E-state index contributed by atoms with van der Waals surface area (Å²) in [5.41, 5.74) is 0. The van der Waals surface area contributed by atoms with E-state index in [-0.39, 0.29) is 8.49 Å². The van der Waals surface area contributed by atoms with Crippen molar-refractivity contribution in [3.05, 3.63) is 28.5 Å². The van der Waals surface area contributed by atoms with Gasteiger partial charge < -0.3 is 0 Å². The Bertz CT molecular complexity index is 296. The molecule has 0 fully saturated rings. The van der Waals surface area contributed by atoms with E-state index in [1.807, 2.05) is 10.8 Å². The van der Waals surface area contributed by atoms with E-state index in [0.29, 0.717) is 0 Å². The van der Waals surface area contributed by atoms with Crippen molar-refractivity contribution in [3.63, 3.8) is 0 Å². The van der Waals surface area contributed by atoms with Gasteiger partial charge in [0.2, 0.25) is 0 Å². The van der Waals surface area contributed by atoms with Crippen molar-refractivity contribution in [2.75, 3.05) is 5.75 Å². The number of hydrogen-bond acceptors (Lipinski definition) is 3. The molecular formula is C7H6S4. The highest BCUT2D eigenvalue weighted by atomic mass is 33.3. The molecule has 0 aliphatic carbocycles. The minimum atomic E-state index is 0.0315. The molecule has 0 amide bonds. The summed E-state index contributed by atoms with van der Waals surface area (Å²) in [5, 5.41) is 2.10. The molecule has 4 heteroatoms. The lowest BCUT2D eigenvalue weighted by molar-refractivity contribution is 1.82. The van der Waals surface area contributed by atoms with Crippen LogP contribution < -0.4 is 0 Å². The number of rotatable bonds is 1. The van der Waals surface area contributed by atoms with E-state index in [9.17, 15) is 0 Å². The summed E-state index contributed by atoms with van der Waals surface area (Å²) in [7, 11) is 1.89. The van der Waals surface area contributed by atoms with Gasteiger partial charge in [-0.25, -0.2) is 0 Å². The summed E-state index contributed by atoms with van der Waals surface area (Å²) < 4.78 is 0. The molecule has 1 atom stereocenters. The topological polar surface area (TPSA) is 0 Å². The van der Waals surface area contributed by atoms with Gasteiger partial charge in [0, 0.05) is 15.5 Å². The second-order valence-corrected chi connectivity index (χ2v) is 7.83. The predicted molar refractivity (Wildman–Crippen MR) is 59.5 cm³/mol. The van der Waals surface area contributed by atoms with Crippen LogP contribution in [0.25, 0.3) is 4.91 Å². The zero-order valence-corrected chi connectivity index (χ0v) is 8.92. The number of hydrogen-bond donors (Lipinski definition) is 0. The second-order valence-electron chi connectivity index (χ2n) is 2.06. The van der Waals surface area contributed by atoms with Crippen LogP contribution in [0, 0.1) is 0 Å². The molecule has 0 N–H and O–H groups in total. The molecule has 0 bridgehead atoms.